The molecule has 2 heterocycles. The van der Waals surface area contributed by atoms with Gasteiger partial charge in [0.1, 0.15) is 10.0 Å². The lowest BCUT2D eigenvalue weighted by molar-refractivity contribution is 0.584. The number of benzene rings is 5. The fraction of sp³-hybridized carbons (Fsp3) is 0.200. The molecule has 5 nitrogen and oxygen atoms in total. The number of allylic oxidation sites excluding steroid dienone is 5. The van der Waals surface area contributed by atoms with Gasteiger partial charge in [0.25, 0.3) is 0 Å². The van der Waals surface area contributed by atoms with E-state index in [1.165, 1.54) is 53.9 Å². The number of nitrogens with zero attached hydrogens (tertiary/aromatic N) is 4. The van der Waals surface area contributed by atoms with Crippen molar-refractivity contribution >= 4 is 28.7 Å². The molecule has 5 aromatic carbocycles. The summed E-state index contributed by atoms with van der Waals surface area (Å²) >= 11 is 3.53. The van der Waals surface area contributed by atoms with Crippen molar-refractivity contribution in [1.82, 2.24) is 20.4 Å². The van der Waals surface area contributed by atoms with Gasteiger partial charge in [-0.25, -0.2) is 0 Å². The maximum Gasteiger partial charge on any atom is 0.248 e. The Kier molecular flexibility index (Phi) is 15.1. The van der Waals surface area contributed by atoms with Crippen molar-refractivity contribution < 1.29 is 4.42 Å². The number of hydrogen-bond donors (Lipinski definition) is 0. The minimum atomic E-state index is 0.478. The molecular weight excluding hydrogens is 737 g/mol. The number of unbranched alkanes of at least 4 members (excludes halogenated alkanes) is 3. The average Bonchev–Trinajstić information content (AvgIpc) is 3.97. The van der Waals surface area contributed by atoms with E-state index in [2.05, 4.69) is 133 Å². The van der Waals surface area contributed by atoms with Gasteiger partial charge in [0.15, 0.2) is 0 Å². The molecule has 0 fully saturated rings. The highest BCUT2D eigenvalue weighted by Crippen LogP contribution is 2.34. The zero-order chi connectivity index (χ0) is 39.8. The molecule has 0 bridgehead atoms. The lowest BCUT2D eigenvalue weighted by atomic mass is 10.0. The number of hydrogen-bond acceptors (Lipinski definition) is 7. The second-order valence-corrected chi connectivity index (χ2v) is 15.8. The summed E-state index contributed by atoms with van der Waals surface area (Å²) in [6.45, 7) is 12.8. The topological polar surface area (TPSA) is 64.7 Å². The molecule has 0 radical (unpaired) electrons. The van der Waals surface area contributed by atoms with Crippen molar-refractivity contribution in [3.8, 4) is 66.3 Å². The van der Waals surface area contributed by atoms with Gasteiger partial charge in [0.05, 0.1) is 0 Å². The highest BCUT2D eigenvalue weighted by atomic mass is 32.2. The highest BCUT2D eigenvalue weighted by molar-refractivity contribution is 7.99. The van der Waals surface area contributed by atoms with Gasteiger partial charge >= 0.3 is 0 Å². The van der Waals surface area contributed by atoms with Gasteiger partial charge in [-0.05, 0) is 88.9 Å². The van der Waals surface area contributed by atoms with Crippen LogP contribution in [0.25, 0.3) is 71.9 Å². The first-order chi connectivity index (χ1) is 28.0. The van der Waals surface area contributed by atoms with Crippen LogP contribution in [0.3, 0.4) is 0 Å². The molecule has 0 N–H and O–H groups in total. The van der Waals surface area contributed by atoms with Crippen LogP contribution >= 0.6 is 23.1 Å². The standard InChI is InChI=1S/C45H38N4OS2.C5H12/c1-4-6-8-9-31(3)32-10-18-37(19-11-32)42-46-47-43(50-42)38-20-12-33(13-21-38)34-14-22-39(23-15-34)44-48-49-45(52-44)40-24-16-35(17-25-40)36-26-28-41(29-27-36)51-30-7-5-2;1-3-5-4-2/h4,6,8-29H,3,5,7,30H2,1-2H3;3-5H2,1-2H3/b6-4-,9-8-;. The fourth-order valence-electron chi connectivity index (χ4n) is 5.97. The van der Waals surface area contributed by atoms with Crippen molar-refractivity contribution in [2.45, 2.75) is 64.7 Å². The van der Waals surface area contributed by atoms with E-state index in [0.717, 1.165) is 54.5 Å². The molecule has 0 saturated carbocycles. The first-order valence-corrected chi connectivity index (χ1v) is 21.6. The molecule has 0 atom stereocenters. The molecule has 0 unspecified atom stereocenters. The maximum atomic E-state index is 6.04. The van der Waals surface area contributed by atoms with E-state index in [-0.39, 0.29) is 0 Å². The molecule has 0 saturated heterocycles. The first-order valence-electron chi connectivity index (χ1n) is 19.8. The van der Waals surface area contributed by atoms with Crippen molar-refractivity contribution in [2.24, 2.45) is 0 Å². The fourth-order valence-corrected chi connectivity index (χ4v) is 7.82. The number of aromatic nitrogens is 4. The minimum Gasteiger partial charge on any atom is -0.416 e. The molecule has 2 aromatic heterocycles. The van der Waals surface area contributed by atoms with Crippen molar-refractivity contribution in [1.29, 1.82) is 0 Å². The normalized spacial score (nSPS) is 11.2. The molecule has 7 heteroatoms. The Morgan fingerprint density at radius 3 is 1.40 bits per heavy atom. The second-order valence-electron chi connectivity index (χ2n) is 13.6. The lowest BCUT2D eigenvalue weighted by Gasteiger charge is -2.05. The molecule has 0 aliphatic heterocycles. The summed E-state index contributed by atoms with van der Waals surface area (Å²) in [5, 5.41) is 19.4. The summed E-state index contributed by atoms with van der Waals surface area (Å²) in [4.78, 5) is 1.33. The predicted octanol–water partition coefficient (Wildman–Crippen LogP) is 15.2. The van der Waals surface area contributed by atoms with E-state index in [1.807, 2.05) is 79.4 Å². The third-order valence-corrected chi connectivity index (χ3v) is 11.5. The molecular formula is C50H50N4OS2. The van der Waals surface area contributed by atoms with Crippen LogP contribution in [0.1, 0.15) is 65.4 Å². The SMILES string of the molecule is C=C(/C=C\C=C/C)c1ccc(-c2nnc(-c3ccc(-c4ccc(-c5nnc(-c6ccc(-c7ccc(SCCCC)cc7)cc6)s5)cc4)cc3)o2)cc1.CCCCC. The highest BCUT2D eigenvalue weighted by Gasteiger charge is 2.13. The minimum absolute atomic E-state index is 0.478. The first kappa shape index (κ1) is 41.0. The van der Waals surface area contributed by atoms with E-state index in [4.69, 9.17) is 4.42 Å². The molecule has 0 aliphatic rings. The van der Waals surface area contributed by atoms with E-state index in [1.54, 1.807) is 11.3 Å². The van der Waals surface area contributed by atoms with Crippen LogP contribution in [-0.2, 0) is 0 Å². The van der Waals surface area contributed by atoms with Crippen LogP contribution in [0.4, 0.5) is 0 Å². The molecule has 288 valence electrons. The summed E-state index contributed by atoms with van der Waals surface area (Å²) in [5.74, 6) is 2.13. The Morgan fingerprint density at radius 1 is 0.544 bits per heavy atom. The van der Waals surface area contributed by atoms with Crippen molar-refractivity contribution in [2.75, 3.05) is 5.75 Å². The van der Waals surface area contributed by atoms with Gasteiger partial charge in [0.2, 0.25) is 11.8 Å². The largest absolute Gasteiger partial charge is 0.416 e. The quantitative estimate of drug-likeness (QED) is 0.0586. The maximum absolute atomic E-state index is 6.04. The molecule has 57 heavy (non-hydrogen) atoms. The van der Waals surface area contributed by atoms with Crippen LogP contribution in [0, 0.1) is 0 Å². The Labute approximate surface area is 346 Å². The Balaban J connectivity index is 0.00000103. The number of rotatable bonds is 15. The summed E-state index contributed by atoms with van der Waals surface area (Å²) in [6.07, 6.45) is 14.5. The van der Waals surface area contributed by atoms with Crippen LogP contribution < -0.4 is 0 Å². The molecule has 0 amide bonds. The summed E-state index contributed by atoms with van der Waals surface area (Å²) in [5.41, 5.74) is 10.4. The van der Waals surface area contributed by atoms with Gasteiger partial charge in [-0.2, -0.15) is 0 Å². The van der Waals surface area contributed by atoms with Gasteiger partial charge in [-0.1, -0.05) is 174 Å². The monoisotopic (exact) mass is 786 g/mol. The molecule has 0 aliphatic carbocycles. The Hall–Kier alpha value is -5.63. The molecule has 0 spiro atoms. The third-order valence-electron chi connectivity index (χ3n) is 9.34. The van der Waals surface area contributed by atoms with E-state index >= 15 is 0 Å². The predicted molar refractivity (Wildman–Crippen MR) is 244 cm³/mol. The van der Waals surface area contributed by atoms with Gasteiger partial charge in [-0.15, -0.1) is 32.2 Å². The number of thioether (sulfide) groups is 1. The smallest absolute Gasteiger partial charge is 0.248 e. The average molecular weight is 787 g/mol. The van der Waals surface area contributed by atoms with Gasteiger partial charge in [-0.3, -0.25) is 0 Å². The van der Waals surface area contributed by atoms with Crippen LogP contribution in [0.2, 0.25) is 0 Å². The third kappa shape index (κ3) is 11.2. The van der Waals surface area contributed by atoms with Gasteiger partial charge in [0, 0.05) is 27.1 Å². The van der Waals surface area contributed by atoms with Crippen LogP contribution in [0.5, 0.6) is 0 Å². The Morgan fingerprint density at radius 2 is 0.965 bits per heavy atom. The zero-order valence-corrected chi connectivity index (χ0v) is 35.0. The van der Waals surface area contributed by atoms with E-state index < -0.39 is 0 Å². The van der Waals surface area contributed by atoms with Gasteiger partial charge < -0.3 is 4.42 Å². The van der Waals surface area contributed by atoms with E-state index in [9.17, 15) is 0 Å². The van der Waals surface area contributed by atoms with Crippen molar-refractivity contribution in [3.63, 3.8) is 0 Å². The van der Waals surface area contributed by atoms with Crippen molar-refractivity contribution in [3.05, 3.63) is 158 Å². The molecule has 7 rings (SSSR count). The lowest BCUT2D eigenvalue weighted by Crippen LogP contribution is -1.82. The summed E-state index contributed by atoms with van der Waals surface area (Å²) in [6, 6.07) is 42.0. The second kappa shape index (κ2) is 21.1. The Bertz CT molecular complexity index is 2350. The van der Waals surface area contributed by atoms with Crippen LogP contribution in [-0.4, -0.2) is 26.1 Å². The van der Waals surface area contributed by atoms with Crippen LogP contribution in [0.15, 0.2) is 162 Å². The summed E-state index contributed by atoms with van der Waals surface area (Å²) in [7, 11) is 0. The molecule has 7 aromatic rings. The van der Waals surface area contributed by atoms with E-state index in [0.29, 0.717) is 11.8 Å². The zero-order valence-electron chi connectivity index (χ0n) is 33.3. The summed E-state index contributed by atoms with van der Waals surface area (Å²) < 4.78 is 6.04.